The monoisotopic (exact) mass is 275 g/mol. The third-order valence-electron chi connectivity index (χ3n) is 2.92. The molecule has 18 heavy (non-hydrogen) atoms. The first-order valence-electron chi connectivity index (χ1n) is 4.96. The molecule has 0 saturated carbocycles. The molecule has 10 heteroatoms. The first-order chi connectivity index (χ1) is 8.28. The summed E-state index contributed by atoms with van der Waals surface area (Å²) in [5.41, 5.74) is 6.65. The Morgan fingerprint density at radius 3 is 2.78 bits per heavy atom. The van der Waals surface area contributed by atoms with E-state index in [9.17, 15) is 18.3 Å². The number of nitrogens with zero attached hydrogens (tertiary/aromatic N) is 4. The van der Waals surface area contributed by atoms with Gasteiger partial charge in [0.25, 0.3) is 10.2 Å². The average molecular weight is 275 g/mol. The molecule has 1 fully saturated rings. The van der Waals surface area contributed by atoms with E-state index in [1.54, 1.807) is 0 Å². The molecule has 0 aromatic rings. The lowest BCUT2D eigenvalue weighted by molar-refractivity contribution is -0.144. The molecule has 2 atom stereocenters. The zero-order chi connectivity index (χ0) is 14.0. The fourth-order valence-corrected chi connectivity index (χ4v) is 2.77. The predicted molar refractivity (Wildman–Crippen MR) is 62.5 cm³/mol. The van der Waals surface area contributed by atoms with E-state index in [-0.39, 0.29) is 13.0 Å². The Bertz CT molecular complexity index is 508. The molecule has 100 valence electrons. The second-order valence-corrected chi connectivity index (χ2v) is 5.52. The normalized spacial score (nSPS) is 28.6. The fraction of sp³-hybridized carbons (Fsp3) is 0.625. The average Bonchev–Trinajstić information content (AvgIpc) is 2.59. The highest BCUT2D eigenvalue weighted by Gasteiger charge is 2.54. The Morgan fingerprint density at radius 1 is 1.78 bits per heavy atom. The standard InChI is InChI=1S/C8H13N5O4S/c1-2-3-6-4-13(18(10,16)17)5-8(6,7(14)15)11-12-9/h2,6H,1,3-5H2,(H,14,15)(H2,10,16,17)/t6-,8-/m0/s1. The molecular weight excluding hydrogens is 262 g/mol. The Morgan fingerprint density at radius 2 is 2.39 bits per heavy atom. The Labute approximate surface area is 104 Å². The van der Waals surface area contributed by atoms with Gasteiger partial charge in [0, 0.05) is 18.0 Å². The minimum atomic E-state index is -4.02. The molecule has 1 aliphatic heterocycles. The van der Waals surface area contributed by atoms with Crippen LogP contribution < -0.4 is 5.14 Å². The van der Waals surface area contributed by atoms with E-state index >= 15 is 0 Å². The number of rotatable bonds is 5. The number of hydrogen-bond acceptors (Lipinski definition) is 4. The zero-order valence-electron chi connectivity index (χ0n) is 9.43. The van der Waals surface area contributed by atoms with Gasteiger partial charge in [-0.25, -0.2) is 5.14 Å². The molecule has 0 amide bonds. The van der Waals surface area contributed by atoms with Gasteiger partial charge in [-0.3, -0.25) is 4.79 Å². The van der Waals surface area contributed by atoms with Gasteiger partial charge < -0.3 is 5.11 Å². The molecule has 1 saturated heterocycles. The molecule has 9 nitrogen and oxygen atoms in total. The van der Waals surface area contributed by atoms with Crippen molar-refractivity contribution < 1.29 is 18.3 Å². The molecule has 0 radical (unpaired) electrons. The molecule has 1 rings (SSSR count). The van der Waals surface area contributed by atoms with Crippen molar-refractivity contribution in [3.8, 4) is 0 Å². The highest BCUT2D eigenvalue weighted by atomic mass is 32.2. The van der Waals surface area contributed by atoms with E-state index in [1.165, 1.54) is 6.08 Å². The van der Waals surface area contributed by atoms with Crippen LogP contribution in [0.1, 0.15) is 6.42 Å². The number of aliphatic carboxylic acids is 1. The van der Waals surface area contributed by atoms with Gasteiger partial charge in [0.05, 0.1) is 0 Å². The quantitative estimate of drug-likeness (QED) is 0.310. The predicted octanol–water partition coefficient (Wildman–Crippen LogP) is -0.169. The van der Waals surface area contributed by atoms with Gasteiger partial charge >= 0.3 is 5.97 Å². The van der Waals surface area contributed by atoms with Crippen molar-refractivity contribution in [1.82, 2.24) is 4.31 Å². The smallest absolute Gasteiger partial charge is 0.317 e. The molecule has 0 aromatic heterocycles. The van der Waals surface area contributed by atoms with Crippen molar-refractivity contribution in [2.45, 2.75) is 12.0 Å². The highest BCUT2D eigenvalue weighted by molar-refractivity contribution is 7.86. The summed E-state index contributed by atoms with van der Waals surface area (Å²) < 4.78 is 23.3. The van der Waals surface area contributed by atoms with Gasteiger partial charge in [0.2, 0.25) is 0 Å². The van der Waals surface area contributed by atoms with Crippen molar-refractivity contribution in [2.75, 3.05) is 13.1 Å². The summed E-state index contributed by atoms with van der Waals surface area (Å²) in [7, 11) is -4.02. The second kappa shape index (κ2) is 4.94. The number of carboxylic acids is 1. The SMILES string of the molecule is C=CC[C@H]1CN(S(N)(=O)=O)C[C@@]1(N=[N+]=[N-])C(=O)O. The Balaban J connectivity index is 3.25. The maximum Gasteiger partial charge on any atom is 0.317 e. The van der Waals surface area contributed by atoms with Crippen LogP contribution in [0.25, 0.3) is 10.4 Å². The molecule has 3 N–H and O–H groups in total. The number of allylic oxidation sites excluding steroid dienone is 1. The van der Waals surface area contributed by atoms with E-state index < -0.39 is 34.2 Å². The summed E-state index contributed by atoms with van der Waals surface area (Å²) in [5.74, 6) is -2.07. The van der Waals surface area contributed by atoms with Crippen molar-refractivity contribution >= 4 is 16.2 Å². The lowest BCUT2D eigenvalue weighted by Gasteiger charge is -2.23. The van der Waals surface area contributed by atoms with Crippen molar-refractivity contribution in [1.29, 1.82) is 0 Å². The van der Waals surface area contributed by atoms with E-state index in [0.717, 1.165) is 4.31 Å². The molecule has 0 bridgehead atoms. The summed E-state index contributed by atoms with van der Waals surface area (Å²) in [5, 5.41) is 17.5. The molecule has 1 heterocycles. The van der Waals surface area contributed by atoms with E-state index in [4.69, 9.17) is 10.7 Å². The van der Waals surface area contributed by atoms with E-state index in [2.05, 4.69) is 16.6 Å². The number of carboxylic acid groups (broad SMARTS) is 1. The van der Waals surface area contributed by atoms with Crippen molar-refractivity contribution in [2.24, 2.45) is 16.2 Å². The zero-order valence-corrected chi connectivity index (χ0v) is 10.2. The summed E-state index contributed by atoms with van der Waals surface area (Å²) in [6, 6.07) is 0. The lowest BCUT2D eigenvalue weighted by Crippen LogP contribution is -2.45. The van der Waals surface area contributed by atoms with Crippen LogP contribution in [0.2, 0.25) is 0 Å². The first kappa shape index (κ1) is 14.5. The van der Waals surface area contributed by atoms with Crippen LogP contribution in [0.4, 0.5) is 0 Å². The number of hydrogen-bond donors (Lipinski definition) is 2. The van der Waals surface area contributed by atoms with Crippen LogP contribution in [0, 0.1) is 5.92 Å². The Hall–Kier alpha value is -1.61. The number of nitrogens with two attached hydrogens (primary N) is 1. The molecule has 0 aliphatic carbocycles. The van der Waals surface area contributed by atoms with Gasteiger partial charge in [-0.1, -0.05) is 11.2 Å². The Kier molecular flexibility index (Phi) is 3.97. The van der Waals surface area contributed by atoms with E-state index in [1.807, 2.05) is 0 Å². The van der Waals surface area contributed by atoms with Crippen molar-refractivity contribution in [3.05, 3.63) is 23.1 Å². The van der Waals surface area contributed by atoms with Crippen LogP contribution in [-0.2, 0) is 15.0 Å². The number of carbonyl (C=O) groups is 1. The third kappa shape index (κ3) is 2.46. The fourth-order valence-electron chi connectivity index (χ4n) is 2.00. The van der Waals surface area contributed by atoms with Crippen LogP contribution in [0.3, 0.4) is 0 Å². The summed E-state index contributed by atoms with van der Waals surface area (Å²) in [6.07, 6.45) is 1.65. The minimum Gasteiger partial charge on any atom is -0.481 e. The molecule has 0 spiro atoms. The van der Waals surface area contributed by atoms with Gasteiger partial charge in [-0.2, -0.15) is 12.7 Å². The van der Waals surface area contributed by atoms with E-state index in [0.29, 0.717) is 0 Å². The van der Waals surface area contributed by atoms with Gasteiger partial charge in [-0.05, 0) is 17.9 Å². The van der Waals surface area contributed by atoms with Gasteiger partial charge in [-0.15, -0.1) is 6.58 Å². The maximum atomic E-state index is 11.3. The van der Waals surface area contributed by atoms with Gasteiger partial charge in [0.15, 0.2) is 5.54 Å². The second-order valence-electron chi connectivity index (χ2n) is 3.98. The van der Waals surface area contributed by atoms with Gasteiger partial charge in [0.1, 0.15) is 0 Å². The lowest BCUT2D eigenvalue weighted by atomic mass is 9.85. The summed E-state index contributed by atoms with van der Waals surface area (Å²) in [6.45, 7) is 2.89. The largest absolute Gasteiger partial charge is 0.481 e. The third-order valence-corrected chi connectivity index (χ3v) is 3.92. The molecule has 1 aliphatic rings. The minimum absolute atomic E-state index is 0.115. The number of azide groups is 1. The topological polar surface area (TPSA) is 149 Å². The van der Waals surface area contributed by atoms with Crippen LogP contribution in [0.5, 0.6) is 0 Å². The first-order valence-corrected chi connectivity index (χ1v) is 6.46. The van der Waals surface area contributed by atoms with Crippen LogP contribution in [0.15, 0.2) is 17.8 Å². The molecule has 0 aromatic carbocycles. The molecular formula is C8H13N5O4S. The maximum absolute atomic E-state index is 11.3. The van der Waals surface area contributed by atoms with Crippen LogP contribution >= 0.6 is 0 Å². The highest BCUT2D eigenvalue weighted by Crippen LogP contribution is 2.35. The summed E-state index contributed by atoms with van der Waals surface area (Å²) in [4.78, 5) is 13.8. The summed E-state index contributed by atoms with van der Waals surface area (Å²) >= 11 is 0. The van der Waals surface area contributed by atoms with Crippen LogP contribution in [-0.4, -0.2) is 42.4 Å². The molecule has 0 unspecified atom stereocenters. The van der Waals surface area contributed by atoms with Crippen molar-refractivity contribution in [3.63, 3.8) is 0 Å².